The van der Waals surface area contributed by atoms with E-state index in [1.807, 2.05) is 0 Å². The van der Waals surface area contributed by atoms with Crippen molar-refractivity contribution < 1.29 is 22.7 Å². The second-order valence-corrected chi connectivity index (χ2v) is 8.27. The Morgan fingerprint density at radius 3 is 2.21 bits per heavy atom. The topological polar surface area (TPSA) is 84.9 Å². The molecular weight excluding hydrogens is 380 g/mol. The number of benzene rings is 2. The van der Waals surface area contributed by atoms with Crippen LogP contribution >= 0.6 is 0 Å². The molecule has 28 heavy (non-hydrogen) atoms. The van der Waals surface area contributed by atoms with E-state index in [0.29, 0.717) is 17.2 Å². The molecule has 152 valence electrons. The van der Waals surface area contributed by atoms with Gasteiger partial charge in [-0.05, 0) is 44.2 Å². The van der Waals surface area contributed by atoms with Crippen LogP contribution in [-0.2, 0) is 14.8 Å². The van der Waals surface area contributed by atoms with Crippen molar-refractivity contribution in [2.75, 3.05) is 24.8 Å². The maximum atomic E-state index is 12.9. The third-order valence-electron chi connectivity index (χ3n) is 4.36. The van der Waals surface area contributed by atoms with Crippen LogP contribution in [0.25, 0.3) is 0 Å². The van der Waals surface area contributed by atoms with E-state index >= 15 is 0 Å². The molecule has 2 rings (SSSR count). The minimum atomic E-state index is -3.66. The smallest absolute Gasteiger partial charge is 0.244 e. The molecule has 0 heterocycles. The van der Waals surface area contributed by atoms with Crippen LogP contribution in [0.3, 0.4) is 0 Å². The Kier molecular flexibility index (Phi) is 6.90. The van der Waals surface area contributed by atoms with E-state index in [-0.39, 0.29) is 0 Å². The quantitative estimate of drug-likeness (QED) is 0.729. The summed E-state index contributed by atoms with van der Waals surface area (Å²) in [7, 11) is -0.557. The average molecular weight is 407 g/mol. The summed E-state index contributed by atoms with van der Waals surface area (Å²) >= 11 is 0. The van der Waals surface area contributed by atoms with Gasteiger partial charge in [0.05, 0.1) is 32.2 Å². The lowest BCUT2D eigenvalue weighted by Crippen LogP contribution is -2.48. The predicted octanol–water partition coefficient (Wildman–Crippen LogP) is 2.74. The molecule has 2 aromatic carbocycles. The number of para-hydroxylation sites is 1. The summed E-state index contributed by atoms with van der Waals surface area (Å²) < 4.78 is 36.4. The molecule has 0 fully saturated rings. The van der Waals surface area contributed by atoms with Gasteiger partial charge in [-0.15, -0.1) is 0 Å². The fraction of sp³-hybridized carbons (Fsp3) is 0.350. The highest BCUT2D eigenvalue weighted by atomic mass is 32.2. The normalized spacial score (nSPS) is 13.3. The Morgan fingerprint density at radius 2 is 1.68 bits per heavy atom. The van der Waals surface area contributed by atoms with Gasteiger partial charge in [-0.25, -0.2) is 8.42 Å². The first-order valence-corrected chi connectivity index (χ1v) is 10.6. The van der Waals surface area contributed by atoms with Crippen molar-refractivity contribution in [2.24, 2.45) is 0 Å². The molecule has 0 aliphatic carbocycles. The molecule has 0 saturated heterocycles. The Bertz CT molecular complexity index is 915. The van der Waals surface area contributed by atoms with Crippen molar-refractivity contribution in [1.82, 2.24) is 5.32 Å². The van der Waals surface area contributed by atoms with Crippen LogP contribution in [0, 0.1) is 0 Å². The van der Waals surface area contributed by atoms with Crippen LogP contribution in [0.15, 0.2) is 48.5 Å². The summed E-state index contributed by atoms with van der Waals surface area (Å²) in [4.78, 5) is 12.9. The van der Waals surface area contributed by atoms with Crippen molar-refractivity contribution in [1.29, 1.82) is 0 Å². The Morgan fingerprint density at radius 1 is 1.04 bits per heavy atom. The van der Waals surface area contributed by atoms with Crippen LogP contribution in [0.1, 0.15) is 25.5 Å². The van der Waals surface area contributed by atoms with E-state index in [2.05, 4.69) is 5.32 Å². The van der Waals surface area contributed by atoms with Crippen molar-refractivity contribution in [3.8, 4) is 11.5 Å². The molecule has 7 nitrogen and oxygen atoms in total. The number of sulfonamides is 1. The third kappa shape index (κ3) is 4.95. The Labute approximate surface area is 166 Å². The van der Waals surface area contributed by atoms with Gasteiger partial charge in [-0.2, -0.15) is 0 Å². The van der Waals surface area contributed by atoms with Gasteiger partial charge >= 0.3 is 0 Å². The highest BCUT2D eigenvalue weighted by Gasteiger charge is 2.30. The highest BCUT2D eigenvalue weighted by Crippen LogP contribution is 2.29. The molecule has 0 spiro atoms. The number of hydrogen-bond acceptors (Lipinski definition) is 5. The summed E-state index contributed by atoms with van der Waals surface area (Å²) in [5.41, 5.74) is 1.16. The molecule has 0 aliphatic rings. The van der Waals surface area contributed by atoms with E-state index < -0.39 is 28.0 Å². The second-order valence-electron chi connectivity index (χ2n) is 6.41. The number of rotatable bonds is 8. The van der Waals surface area contributed by atoms with Crippen molar-refractivity contribution in [3.63, 3.8) is 0 Å². The van der Waals surface area contributed by atoms with E-state index in [1.165, 1.54) is 0 Å². The molecule has 0 saturated carbocycles. The summed E-state index contributed by atoms with van der Waals surface area (Å²) in [5.74, 6) is 0.808. The third-order valence-corrected chi connectivity index (χ3v) is 5.60. The molecule has 0 aromatic heterocycles. The first kappa shape index (κ1) is 21.6. The van der Waals surface area contributed by atoms with Gasteiger partial charge in [0, 0.05) is 5.56 Å². The number of nitrogens with zero attached hydrogens (tertiary/aromatic N) is 1. The lowest BCUT2D eigenvalue weighted by Gasteiger charge is -2.29. The largest absolute Gasteiger partial charge is 0.497 e. The molecule has 2 atom stereocenters. The van der Waals surface area contributed by atoms with Crippen LogP contribution in [-0.4, -0.2) is 40.8 Å². The molecule has 8 heteroatoms. The molecule has 1 amide bonds. The first-order valence-electron chi connectivity index (χ1n) is 8.75. The van der Waals surface area contributed by atoms with Gasteiger partial charge in [-0.1, -0.05) is 18.2 Å². The highest BCUT2D eigenvalue weighted by molar-refractivity contribution is 7.92. The second kappa shape index (κ2) is 8.97. The number of nitrogens with one attached hydrogen (secondary N) is 1. The van der Waals surface area contributed by atoms with Gasteiger partial charge < -0.3 is 14.8 Å². The lowest BCUT2D eigenvalue weighted by molar-refractivity contribution is -0.122. The van der Waals surface area contributed by atoms with Gasteiger partial charge in [-0.3, -0.25) is 9.10 Å². The SMILES string of the molecule is COc1ccc(OC)c([C@@H](C)NC(=O)[C@H](C)N(c2ccccc2)S(C)(=O)=O)c1. The van der Waals surface area contributed by atoms with Gasteiger partial charge in [0.1, 0.15) is 17.5 Å². The molecule has 1 N–H and O–H groups in total. The summed E-state index contributed by atoms with van der Waals surface area (Å²) in [6.07, 6.45) is 1.08. The van der Waals surface area contributed by atoms with Gasteiger partial charge in [0.2, 0.25) is 15.9 Å². The minimum Gasteiger partial charge on any atom is -0.497 e. The molecule has 0 aliphatic heterocycles. The number of ether oxygens (including phenoxy) is 2. The zero-order chi connectivity index (χ0) is 20.9. The fourth-order valence-electron chi connectivity index (χ4n) is 2.97. The zero-order valence-corrected chi connectivity index (χ0v) is 17.5. The molecule has 0 bridgehead atoms. The van der Waals surface area contributed by atoms with Crippen molar-refractivity contribution in [3.05, 3.63) is 54.1 Å². The summed E-state index contributed by atoms with van der Waals surface area (Å²) in [6, 6.07) is 12.5. The molecule has 0 unspecified atom stereocenters. The van der Waals surface area contributed by atoms with Crippen LogP contribution in [0.4, 0.5) is 5.69 Å². The maximum Gasteiger partial charge on any atom is 0.244 e. The van der Waals surface area contributed by atoms with Gasteiger partial charge in [0.15, 0.2) is 0 Å². The number of amides is 1. The summed E-state index contributed by atoms with van der Waals surface area (Å²) in [5, 5.41) is 2.86. The van der Waals surface area contributed by atoms with Crippen LogP contribution < -0.4 is 19.1 Å². The van der Waals surface area contributed by atoms with Gasteiger partial charge in [0.25, 0.3) is 0 Å². The van der Waals surface area contributed by atoms with E-state index in [4.69, 9.17) is 9.47 Å². The van der Waals surface area contributed by atoms with E-state index in [9.17, 15) is 13.2 Å². The van der Waals surface area contributed by atoms with Crippen LogP contribution in [0.2, 0.25) is 0 Å². The first-order chi connectivity index (χ1) is 13.2. The molecular formula is C20H26N2O5S. The Balaban J connectivity index is 2.27. The average Bonchev–Trinajstić information content (AvgIpc) is 2.67. The van der Waals surface area contributed by atoms with E-state index in [1.54, 1.807) is 76.6 Å². The number of hydrogen-bond donors (Lipinski definition) is 1. The maximum absolute atomic E-state index is 12.9. The standard InChI is InChI=1S/C20H26N2O5S/c1-14(18-13-17(26-3)11-12-19(18)27-4)21-20(23)15(2)22(28(5,24)25)16-9-7-6-8-10-16/h6-15H,1-5H3,(H,21,23)/t14-,15+/m1/s1. The summed E-state index contributed by atoms with van der Waals surface area (Å²) in [6.45, 7) is 3.36. The number of carbonyl (C=O) groups is 1. The number of methoxy groups -OCH3 is 2. The van der Waals surface area contributed by atoms with Crippen molar-refractivity contribution in [2.45, 2.75) is 25.9 Å². The molecule has 0 radical (unpaired) electrons. The zero-order valence-electron chi connectivity index (χ0n) is 16.7. The monoisotopic (exact) mass is 406 g/mol. The fourth-order valence-corrected chi connectivity index (χ4v) is 4.15. The van der Waals surface area contributed by atoms with E-state index in [0.717, 1.165) is 16.1 Å². The number of anilines is 1. The number of carbonyl (C=O) groups excluding carboxylic acids is 1. The Hall–Kier alpha value is -2.74. The van der Waals surface area contributed by atoms with Crippen LogP contribution in [0.5, 0.6) is 11.5 Å². The van der Waals surface area contributed by atoms with Crippen molar-refractivity contribution >= 4 is 21.6 Å². The predicted molar refractivity (Wildman–Crippen MR) is 109 cm³/mol. The lowest BCUT2D eigenvalue weighted by atomic mass is 10.1. The molecule has 2 aromatic rings. The minimum absolute atomic E-state index is 0.419.